The van der Waals surface area contributed by atoms with E-state index in [1.54, 1.807) is 6.92 Å². The molecule has 1 saturated heterocycles. The Morgan fingerprint density at radius 3 is 2.61 bits per heavy atom. The van der Waals surface area contributed by atoms with E-state index in [4.69, 9.17) is 0 Å². The Hall–Kier alpha value is -2.28. The number of carbonyl (C=O) groups excluding carboxylic acids is 1. The van der Waals surface area contributed by atoms with Gasteiger partial charge in [-0.05, 0) is 13.3 Å². The molecule has 0 spiro atoms. The monoisotopic (exact) mass is 331 g/mol. The van der Waals surface area contributed by atoms with Crippen molar-refractivity contribution in [3.8, 4) is 11.4 Å². The molecule has 2 heterocycles. The highest BCUT2D eigenvalue weighted by Gasteiger charge is 2.29. The molecule has 1 unspecified atom stereocenters. The molecular weight excluding hydrogens is 314 g/mol. The lowest BCUT2D eigenvalue weighted by atomic mass is 10.1. The lowest BCUT2D eigenvalue weighted by Crippen LogP contribution is -2.36. The molecule has 0 radical (unpaired) electrons. The van der Waals surface area contributed by atoms with Gasteiger partial charge in [0.2, 0.25) is 0 Å². The first-order valence-corrected chi connectivity index (χ1v) is 9.17. The molecule has 1 aromatic heterocycles. The Labute approximate surface area is 134 Å². The van der Waals surface area contributed by atoms with Crippen LogP contribution >= 0.6 is 0 Å². The van der Waals surface area contributed by atoms with Gasteiger partial charge in [-0.25, -0.2) is 18.4 Å². The molecule has 0 aliphatic carbocycles. The highest BCUT2D eigenvalue weighted by atomic mass is 32.2. The van der Waals surface area contributed by atoms with Crippen molar-refractivity contribution in [2.45, 2.75) is 19.4 Å². The molecule has 1 aliphatic rings. The van der Waals surface area contributed by atoms with E-state index < -0.39 is 9.84 Å². The Bertz CT molecular complexity index is 835. The molecule has 3 rings (SSSR count). The van der Waals surface area contributed by atoms with E-state index in [1.165, 1.54) is 6.20 Å². The minimum absolute atomic E-state index is 0.000738. The van der Waals surface area contributed by atoms with Crippen LogP contribution in [0.4, 0.5) is 0 Å². The fourth-order valence-electron chi connectivity index (χ4n) is 2.59. The minimum Gasteiger partial charge on any atom is -0.348 e. The van der Waals surface area contributed by atoms with Crippen LogP contribution in [0, 0.1) is 6.92 Å². The SMILES string of the molecule is Cc1nc(-c2ccccc2)ncc1C(=O)NC1CCS(=O)(=O)C1. The second-order valence-electron chi connectivity index (χ2n) is 5.63. The predicted molar refractivity (Wildman–Crippen MR) is 86.7 cm³/mol. The maximum atomic E-state index is 12.3. The van der Waals surface area contributed by atoms with Crippen molar-refractivity contribution in [3.63, 3.8) is 0 Å². The Kier molecular flexibility index (Phi) is 4.12. The summed E-state index contributed by atoms with van der Waals surface area (Å²) in [5.41, 5.74) is 1.82. The molecule has 6 nitrogen and oxygen atoms in total. The van der Waals surface area contributed by atoms with Gasteiger partial charge < -0.3 is 5.32 Å². The number of aryl methyl sites for hydroxylation is 1. The van der Waals surface area contributed by atoms with Crippen LogP contribution in [0.3, 0.4) is 0 Å². The van der Waals surface area contributed by atoms with Crippen LogP contribution < -0.4 is 5.32 Å². The highest BCUT2D eigenvalue weighted by molar-refractivity contribution is 7.91. The first-order chi connectivity index (χ1) is 10.9. The van der Waals surface area contributed by atoms with Crippen LogP contribution in [0.15, 0.2) is 36.5 Å². The minimum atomic E-state index is -3.02. The van der Waals surface area contributed by atoms with Crippen LogP contribution in [0.25, 0.3) is 11.4 Å². The predicted octanol–water partition coefficient (Wildman–Crippen LogP) is 1.37. The van der Waals surface area contributed by atoms with E-state index in [2.05, 4.69) is 15.3 Å². The van der Waals surface area contributed by atoms with Crippen LogP contribution in [0.2, 0.25) is 0 Å². The van der Waals surface area contributed by atoms with Gasteiger partial charge in [-0.3, -0.25) is 4.79 Å². The van der Waals surface area contributed by atoms with Gasteiger partial charge in [-0.2, -0.15) is 0 Å². The molecule has 1 atom stereocenters. The summed E-state index contributed by atoms with van der Waals surface area (Å²) in [7, 11) is -3.02. The third-order valence-corrected chi connectivity index (χ3v) is 5.59. The molecule has 120 valence electrons. The van der Waals surface area contributed by atoms with E-state index in [0.717, 1.165) is 5.56 Å². The molecule has 0 saturated carbocycles. The summed E-state index contributed by atoms with van der Waals surface area (Å²) < 4.78 is 22.9. The molecule has 0 bridgehead atoms. The first-order valence-electron chi connectivity index (χ1n) is 7.35. The second kappa shape index (κ2) is 6.08. The van der Waals surface area contributed by atoms with Crippen molar-refractivity contribution in [2.24, 2.45) is 0 Å². The van der Waals surface area contributed by atoms with Crippen LogP contribution in [-0.4, -0.2) is 41.8 Å². The molecule has 23 heavy (non-hydrogen) atoms. The van der Waals surface area contributed by atoms with E-state index in [9.17, 15) is 13.2 Å². The number of rotatable bonds is 3. The zero-order valence-electron chi connectivity index (χ0n) is 12.7. The third-order valence-electron chi connectivity index (χ3n) is 3.82. The summed E-state index contributed by atoms with van der Waals surface area (Å²) >= 11 is 0. The van der Waals surface area contributed by atoms with Crippen molar-refractivity contribution in [1.29, 1.82) is 0 Å². The molecule has 2 aromatic rings. The average Bonchev–Trinajstić information content (AvgIpc) is 2.86. The summed E-state index contributed by atoms with van der Waals surface area (Å²) in [5, 5.41) is 2.75. The highest BCUT2D eigenvalue weighted by Crippen LogP contribution is 2.17. The Balaban J connectivity index is 1.77. The molecule has 1 N–H and O–H groups in total. The van der Waals surface area contributed by atoms with Crippen LogP contribution in [0.5, 0.6) is 0 Å². The maximum Gasteiger partial charge on any atom is 0.254 e. The quantitative estimate of drug-likeness (QED) is 0.917. The Morgan fingerprint density at radius 2 is 2.00 bits per heavy atom. The van der Waals surface area contributed by atoms with E-state index in [1.807, 2.05) is 30.3 Å². The van der Waals surface area contributed by atoms with Crippen molar-refractivity contribution >= 4 is 15.7 Å². The van der Waals surface area contributed by atoms with Crippen LogP contribution in [-0.2, 0) is 9.84 Å². The van der Waals surface area contributed by atoms with Crippen molar-refractivity contribution in [1.82, 2.24) is 15.3 Å². The van der Waals surface area contributed by atoms with E-state index in [0.29, 0.717) is 23.5 Å². The van der Waals surface area contributed by atoms with Crippen molar-refractivity contribution in [3.05, 3.63) is 47.8 Å². The number of benzene rings is 1. The topological polar surface area (TPSA) is 89.0 Å². The summed E-state index contributed by atoms with van der Waals surface area (Å²) in [6, 6.07) is 9.18. The number of hydrogen-bond donors (Lipinski definition) is 1. The standard InChI is InChI=1S/C16H17N3O3S/c1-11-14(16(20)19-13-7-8-23(21,22)10-13)9-17-15(18-11)12-5-3-2-4-6-12/h2-6,9,13H,7-8,10H2,1H3,(H,19,20). The van der Waals surface area contributed by atoms with Gasteiger partial charge in [0.15, 0.2) is 15.7 Å². The van der Waals surface area contributed by atoms with Gasteiger partial charge in [-0.1, -0.05) is 30.3 Å². The van der Waals surface area contributed by atoms with Gasteiger partial charge in [0, 0.05) is 17.8 Å². The number of carbonyl (C=O) groups is 1. The number of hydrogen-bond acceptors (Lipinski definition) is 5. The summed E-state index contributed by atoms with van der Waals surface area (Å²) in [6.45, 7) is 1.74. The second-order valence-corrected chi connectivity index (χ2v) is 7.86. The third kappa shape index (κ3) is 3.56. The molecular formula is C16H17N3O3S. The van der Waals surface area contributed by atoms with E-state index >= 15 is 0 Å². The molecule has 1 amide bonds. The smallest absolute Gasteiger partial charge is 0.254 e. The number of amides is 1. The number of aromatic nitrogens is 2. The largest absolute Gasteiger partial charge is 0.348 e. The average molecular weight is 331 g/mol. The lowest BCUT2D eigenvalue weighted by molar-refractivity contribution is 0.0939. The summed E-state index contributed by atoms with van der Waals surface area (Å²) in [4.78, 5) is 20.9. The molecule has 7 heteroatoms. The zero-order chi connectivity index (χ0) is 16.4. The maximum absolute atomic E-state index is 12.3. The fraction of sp³-hybridized carbons (Fsp3) is 0.312. The summed E-state index contributed by atoms with van der Waals surface area (Å²) in [6.07, 6.45) is 1.94. The fourth-order valence-corrected chi connectivity index (χ4v) is 4.26. The summed E-state index contributed by atoms with van der Waals surface area (Å²) in [5.74, 6) is 0.355. The Morgan fingerprint density at radius 1 is 1.26 bits per heavy atom. The molecule has 1 aliphatic heterocycles. The number of nitrogens with one attached hydrogen (secondary N) is 1. The zero-order valence-corrected chi connectivity index (χ0v) is 13.5. The van der Waals surface area contributed by atoms with Crippen LogP contribution in [0.1, 0.15) is 22.5 Å². The van der Waals surface area contributed by atoms with Gasteiger partial charge >= 0.3 is 0 Å². The number of sulfone groups is 1. The van der Waals surface area contributed by atoms with Gasteiger partial charge in [0.05, 0.1) is 22.8 Å². The van der Waals surface area contributed by atoms with Gasteiger partial charge in [-0.15, -0.1) is 0 Å². The number of nitrogens with zero attached hydrogens (tertiary/aromatic N) is 2. The van der Waals surface area contributed by atoms with Gasteiger partial charge in [0.1, 0.15) is 0 Å². The normalized spacial score (nSPS) is 19.4. The van der Waals surface area contributed by atoms with Crippen molar-refractivity contribution in [2.75, 3.05) is 11.5 Å². The lowest BCUT2D eigenvalue weighted by Gasteiger charge is -2.12. The molecule has 1 fully saturated rings. The van der Waals surface area contributed by atoms with E-state index in [-0.39, 0.29) is 23.5 Å². The van der Waals surface area contributed by atoms with Gasteiger partial charge in [0.25, 0.3) is 5.91 Å². The first kappa shape index (κ1) is 15.6. The van der Waals surface area contributed by atoms with Crippen molar-refractivity contribution < 1.29 is 13.2 Å². The molecule has 1 aromatic carbocycles.